The van der Waals surface area contributed by atoms with Gasteiger partial charge in [0.2, 0.25) is 0 Å². The molecule has 1 fully saturated rings. The molecule has 3 heteroatoms. The minimum Gasteiger partial charge on any atom is -0.472 e. The van der Waals surface area contributed by atoms with Gasteiger partial charge in [-0.1, -0.05) is 13.8 Å². The molecule has 1 aromatic heterocycles. The van der Waals surface area contributed by atoms with Crippen molar-refractivity contribution in [2.24, 2.45) is 5.41 Å². The Morgan fingerprint density at radius 2 is 2.00 bits per heavy atom. The summed E-state index contributed by atoms with van der Waals surface area (Å²) in [5.41, 5.74) is 1.92. The highest BCUT2D eigenvalue weighted by Gasteiger charge is 2.33. The molecule has 1 aliphatic heterocycles. The van der Waals surface area contributed by atoms with Gasteiger partial charge in [-0.15, -0.1) is 23.5 Å². The van der Waals surface area contributed by atoms with E-state index in [1.165, 1.54) is 29.9 Å². The van der Waals surface area contributed by atoms with Crippen molar-refractivity contribution in [2.75, 3.05) is 11.5 Å². The summed E-state index contributed by atoms with van der Waals surface area (Å²) in [5, 5.41) is 0. The van der Waals surface area contributed by atoms with Crippen molar-refractivity contribution in [1.29, 1.82) is 0 Å². The summed E-state index contributed by atoms with van der Waals surface area (Å²) in [6.07, 6.45) is 6.27. The lowest BCUT2D eigenvalue weighted by Crippen LogP contribution is -2.28. The Kier molecular flexibility index (Phi) is 3.73. The zero-order valence-electron chi connectivity index (χ0n) is 9.36. The molecule has 1 aliphatic rings. The summed E-state index contributed by atoms with van der Waals surface area (Å²) in [4.78, 5) is 0. The van der Waals surface area contributed by atoms with Crippen LogP contribution in [0, 0.1) is 5.41 Å². The van der Waals surface area contributed by atoms with Gasteiger partial charge in [-0.05, 0) is 24.3 Å². The van der Waals surface area contributed by atoms with Crippen LogP contribution in [0.15, 0.2) is 23.0 Å². The van der Waals surface area contributed by atoms with Gasteiger partial charge in [-0.3, -0.25) is 0 Å². The van der Waals surface area contributed by atoms with E-state index in [9.17, 15) is 0 Å². The fourth-order valence-electron chi connectivity index (χ4n) is 1.85. The molecule has 2 heterocycles. The zero-order chi connectivity index (χ0) is 10.7. The second-order valence-corrected chi connectivity index (χ2v) is 6.70. The van der Waals surface area contributed by atoms with Crippen LogP contribution in [0.3, 0.4) is 0 Å². The summed E-state index contributed by atoms with van der Waals surface area (Å²) in [6.45, 7) is 4.64. The number of hydrogen-bond donors (Lipinski definition) is 0. The first kappa shape index (κ1) is 11.5. The van der Waals surface area contributed by atoms with Crippen molar-refractivity contribution >= 4 is 23.5 Å². The summed E-state index contributed by atoms with van der Waals surface area (Å²) in [6, 6.07) is 2.09. The van der Waals surface area contributed by atoms with Gasteiger partial charge in [0.1, 0.15) is 0 Å². The normalized spacial score (nSPS) is 21.7. The van der Waals surface area contributed by atoms with Crippen molar-refractivity contribution in [2.45, 2.75) is 31.3 Å². The maximum atomic E-state index is 5.15. The zero-order valence-corrected chi connectivity index (χ0v) is 11.0. The summed E-state index contributed by atoms with van der Waals surface area (Å²) in [7, 11) is 0. The molecule has 0 aliphatic carbocycles. The largest absolute Gasteiger partial charge is 0.472 e. The molecule has 0 atom stereocenters. The number of rotatable bonds is 3. The van der Waals surface area contributed by atoms with Gasteiger partial charge < -0.3 is 4.42 Å². The van der Waals surface area contributed by atoms with Crippen molar-refractivity contribution in [3.05, 3.63) is 24.2 Å². The van der Waals surface area contributed by atoms with Crippen LogP contribution >= 0.6 is 23.5 Å². The van der Waals surface area contributed by atoms with E-state index in [0.29, 0.717) is 10.00 Å². The van der Waals surface area contributed by atoms with Crippen LogP contribution in [0.4, 0.5) is 0 Å². The van der Waals surface area contributed by atoms with E-state index in [2.05, 4.69) is 43.4 Å². The van der Waals surface area contributed by atoms with E-state index in [1.54, 1.807) is 6.26 Å². The fraction of sp³-hybridized carbons (Fsp3) is 0.667. The minimum absolute atomic E-state index is 0.579. The SMILES string of the molecule is CCC1(CC)CSC(c2ccoc2)SC1. The number of furan rings is 1. The Labute approximate surface area is 100 Å². The highest BCUT2D eigenvalue weighted by Crippen LogP contribution is 2.51. The Hall–Kier alpha value is -0.0200. The molecule has 0 radical (unpaired) electrons. The molecule has 0 saturated carbocycles. The molecule has 2 rings (SSSR count). The van der Waals surface area contributed by atoms with Gasteiger partial charge in [0.25, 0.3) is 0 Å². The van der Waals surface area contributed by atoms with E-state index in [-0.39, 0.29) is 0 Å². The van der Waals surface area contributed by atoms with Crippen LogP contribution in [-0.2, 0) is 0 Å². The molecule has 0 aromatic carbocycles. The molecule has 1 saturated heterocycles. The molecule has 1 aromatic rings. The van der Waals surface area contributed by atoms with Crippen molar-refractivity contribution in [3.63, 3.8) is 0 Å². The lowest BCUT2D eigenvalue weighted by molar-refractivity contribution is 0.354. The first-order chi connectivity index (χ1) is 7.29. The molecule has 84 valence electrons. The third kappa shape index (κ3) is 2.39. The van der Waals surface area contributed by atoms with Crippen molar-refractivity contribution < 1.29 is 4.42 Å². The molecular weight excluding hydrogens is 224 g/mol. The third-order valence-electron chi connectivity index (χ3n) is 3.40. The maximum Gasteiger partial charge on any atom is 0.0954 e. The lowest BCUT2D eigenvalue weighted by Gasteiger charge is -2.37. The molecule has 1 nitrogen and oxygen atoms in total. The van der Waals surface area contributed by atoms with Crippen LogP contribution in [0.2, 0.25) is 0 Å². The molecule has 0 amide bonds. The van der Waals surface area contributed by atoms with E-state index < -0.39 is 0 Å². The van der Waals surface area contributed by atoms with Crippen LogP contribution in [-0.4, -0.2) is 11.5 Å². The standard InChI is InChI=1S/C12H18OS2/c1-3-12(4-2)8-14-11(15-9-12)10-5-6-13-7-10/h5-7,11H,3-4,8-9H2,1-2H3. The molecule has 0 bridgehead atoms. The van der Waals surface area contributed by atoms with Crippen LogP contribution in [0.5, 0.6) is 0 Å². The Morgan fingerprint density at radius 1 is 1.33 bits per heavy atom. The summed E-state index contributed by atoms with van der Waals surface area (Å²) in [5.74, 6) is 2.59. The molecule has 15 heavy (non-hydrogen) atoms. The molecular formula is C12H18OS2. The third-order valence-corrected chi connectivity index (χ3v) is 6.92. The lowest BCUT2D eigenvalue weighted by atomic mass is 9.87. The predicted octanol–water partition coefficient (Wildman–Crippen LogP) is 4.56. The van der Waals surface area contributed by atoms with Gasteiger partial charge >= 0.3 is 0 Å². The average molecular weight is 242 g/mol. The Morgan fingerprint density at radius 3 is 2.47 bits per heavy atom. The van der Waals surface area contributed by atoms with Gasteiger partial charge in [-0.2, -0.15) is 0 Å². The summed E-state index contributed by atoms with van der Waals surface area (Å²) < 4.78 is 5.74. The fourth-order valence-corrected chi connectivity index (χ4v) is 5.46. The van der Waals surface area contributed by atoms with Crippen LogP contribution in [0.25, 0.3) is 0 Å². The number of thioether (sulfide) groups is 2. The van der Waals surface area contributed by atoms with E-state index in [0.717, 1.165) is 0 Å². The second kappa shape index (κ2) is 4.88. The minimum atomic E-state index is 0.579. The number of hydrogen-bond acceptors (Lipinski definition) is 3. The Balaban J connectivity index is 1.97. The first-order valence-corrected chi connectivity index (χ1v) is 7.65. The van der Waals surface area contributed by atoms with Crippen LogP contribution in [0.1, 0.15) is 36.8 Å². The van der Waals surface area contributed by atoms with Gasteiger partial charge in [0.05, 0.1) is 17.1 Å². The highest BCUT2D eigenvalue weighted by molar-refractivity contribution is 8.17. The van der Waals surface area contributed by atoms with Crippen molar-refractivity contribution in [1.82, 2.24) is 0 Å². The predicted molar refractivity (Wildman–Crippen MR) is 69.4 cm³/mol. The maximum absolute atomic E-state index is 5.15. The summed E-state index contributed by atoms with van der Waals surface area (Å²) >= 11 is 4.16. The van der Waals surface area contributed by atoms with Gasteiger partial charge in [-0.25, -0.2) is 0 Å². The van der Waals surface area contributed by atoms with Crippen LogP contribution < -0.4 is 0 Å². The second-order valence-electron chi connectivity index (χ2n) is 4.22. The Bertz CT molecular complexity index is 281. The molecule has 0 spiro atoms. The van der Waals surface area contributed by atoms with Gasteiger partial charge in [0, 0.05) is 17.1 Å². The van der Waals surface area contributed by atoms with E-state index >= 15 is 0 Å². The topological polar surface area (TPSA) is 13.1 Å². The average Bonchev–Trinajstić information content (AvgIpc) is 2.83. The smallest absolute Gasteiger partial charge is 0.0954 e. The molecule has 0 unspecified atom stereocenters. The first-order valence-electron chi connectivity index (χ1n) is 5.55. The van der Waals surface area contributed by atoms with Gasteiger partial charge in [0.15, 0.2) is 0 Å². The van der Waals surface area contributed by atoms with E-state index in [1.807, 2.05) is 6.26 Å². The highest BCUT2D eigenvalue weighted by atomic mass is 32.2. The van der Waals surface area contributed by atoms with Crippen molar-refractivity contribution in [3.8, 4) is 0 Å². The monoisotopic (exact) mass is 242 g/mol. The van der Waals surface area contributed by atoms with E-state index in [4.69, 9.17) is 4.42 Å². The molecule has 0 N–H and O–H groups in total. The quantitative estimate of drug-likeness (QED) is 0.771.